The Morgan fingerprint density at radius 3 is 2.61 bits per heavy atom. The number of fused-ring (bicyclic) bond motifs is 1. The number of carboxylic acids is 1. The number of methoxy groups -OCH3 is 1. The number of anilines is 1. The van der Waals surface area contributed by atoms with Crippen LogP contribution in [0.5, 0.6) is 11.5 Å². The van der Waals surface area contributed by atoms with Gasteiger partial charge in [-0.05, 0) is 47.7 Å². The molecule has 0 aromatic heterocycles. The van der Waals surface area contributed by atoms with Crippen LogP contribution in [0.4, 0.5) is 5.69 Å². The van der Waals surface area contributed by atoms with E-state index in [-0.39, 0.29) is 30.8 Å². The van der Waals surface area contributed by atoms with Gasteiger partial charge in [0.15, 0.2) is 5.78 Å². The first kappa shape index (κ1) is 25.5. The van der Waals surface area contributed by atoms with Gasteiger partial charge in [-0.3, -0.25) is 10.2 Å². The molecular formula is C27H33N3O6. The monoisotopic (exact) mass is 495 g/mol. The largest absolute Gasteiger partial charge is 0.505 e. The number of nitrogens with zero attached hydrogens (tertiary/aromatic N) is 2. The molecule has 3 N–H and O–H groups in total. The van der Waals surface area contributed by atoms with Gasteiger partial charge < -0.3 is 29.5 Å². The van der Waals surface area contributed by atoms with Crippen molar-refractivity contribution in [2.24, 2.45) is 0 Å². The van der Waals surface area contributed by atoms with E-state index in [0.29, 0.717) is 54.5 Å². The Bertz CT molecular complexity index is 1200. The molecule has 9 nitrogen and oxygen atoms in total. The van der Waals surface area contributed by atoms with Gasteiger partial charge in [0.25, 0.3) is 0 Å². The van der Waals surface area contributed by atoms with Gasteiger partial charge >= 0.3 is 5.97 Å². The zero-order valence-corrected chi connectivity index (χ0v) is 21.1. The Morgan fingerprint density at radius 2 is 1.94 bits per heavy atom. The summed E-state index contributed by atoms with van der Waals surface area (Å²) in [7, 11) is 1.60. The van der Waals surface area contributed by atoms with Crippen LogP contribution in [0.2, 0.25) is 0 Å². The SMILES string of the molecule is COc1ccc2c(c1)CN(CC(=O)c1cc(N3CCC(OCC(=O)O)C3)c(O)c(C(C)(C)C)c1)C2=N. The van der Waals surface area contributed by atoms with E-state index in [1.165, 1.54) is 0 Å². The van der Waals surface area contributed by atoms with Crippen molar-refractivity contribution in [2.45, 2.75) is 45.3 Å². The van der Waals surface area contributed by atoms with E-state index in [2.05, 4.69) is 0 Å². The molecule has 4 rings (SSSR count). The number of carbonyl (C=O) groups is 2. The molecule has 1 saturated heterocycles. The van der Waals surface area contributed by atoms with Gasteiger partial charge in [-0.1, -0.05) is 20.8 Å². The summed E-state index contributed by atoms with van der Waals surface area (Å²) in [6.45, 7) is 7.04. The third-order valence-corrected chi connectivity index (χ3v) is 6.73. The fraction of sp³-hybridized carbons (Fsp3) is 0.444. The van der Waals surface area contributed by atoms with E-state index in [1.54, 1.807) is 24.1 Å². The van der Waals surface area contributed by atoms with Crippen LogP contribution in [-0.2, 0) is 21.5 Å². The number of Topliss-reactive ketones (excluding diaryl/α,β-unsaturated/α-hetero) is 1. The fourth-order valence-electron chi connectivity index (χ4n) is 4.78. The van der Waals surface area contributed by atoms with Crippen molar-refractivity contribution in [2.75, 3.05) is 38.3 Å². The molecule has 1 fully saturated rings. The summed E-state index contributed by atoms with van der Waals surface area (Å²) < 4.78 is 10.7. The van der Waals surface area contributed by atoms with Gasteiger partial charge in [0, 0.05) is 36.3 Å². The average molecular weight is 496 g/mol. The highest BCUT2D eigenvalue weighted by molar-refractivity contribution is 6.05. The van der Waals surface area contributed by atoms with E-state index in [4.69, 9.17) is 20.0 Å². The third kappa shape index (κ3) is 5.16. The first-order valence-electron chi connectivity index (χ1n) is 12.0. The molecular weight excluding hydrogens is 462 g/mol. The van der Waals surface area contributed by atoms with Crippen molar-refractivity contribution in [1.29, 1.82) is 5.41 Å². The number of amidine groups is 1. The normalized spacial score (nSPS) is 17.4. The predicted molar refractivity (Wildman–Crippen MR) is 136 cm³/mol. The second-order valence-electron chi connectivity index (χ2n) is 10.4. The second kappa shape index (κ2) is 9.81. The number of ketones is 1. The van der Waals surface area contributed by atoms with Crippen molar-refractivity contribution in [3.63, 3.8) is 0 Å². The molecule has 0 spiro atoms. The summed E-state index contributed by atoms with van der Waals surface area (Å²) in [5, 5.41) is 28.6. The molecule has 0 radical (unpaired) electrons. The third-order valence-electron chi connectivity index (χ3n) is 6.73. The van der Waals surface area contributed by atoms with E-state index in [0.717, 1.165) is 11.1 Å². The van der Waals surface area contributed by atoms with Gasteiger partial charge in [-0.25, -0.2) is 4.79 Å². The number of aliphatic carboxylic acids is 1. The summed E-state index contributed by atoms with van der Waals surface area (Å²) in [6.07, 6.45) is 0.362. The van der Waals surface area contributed by atoms with Gasteiger partial charge in [-0.2, -0.15) is 0 Å². The Hall–Kier alpha value is -3.59. The highest BCUT2D eigenvalue weighted by atomic mass is 16.5. The molecule has 2 aliphatic rings. The highest BCUT2D eigenvalue weighted by Gasteiger charge is 2.31. The zero-order valence-electron chi connectivity index (χ0n) is 21.1. The van der Waals surface area contributed by atoms with Crippen molar-refractivity contribution in [3.8, 4) is 11.5 Å². The first-order chi connectivity index (χ1) is 17.0. The molecule has 1 atom stereocenters. The zero-order chi connectivity index (χ0) is 26.2. The maximum atomic E-state index is 13.5. The topological polar surface area (TPSA) is 123 Å². The number of carboxylic acid groups (broad SMARTS) is 1. The molecule has 0 aliphatic carbocycles. The number of phenols is 1. The summed E-state index contributed by atoms with van der Waals surface area (Å²) >= 11 is 0. The lowest BCUT2D eigenvalue weighted by Gasteiger charge is -2.27. The lowest BCUT2D eigenvalue weighted by atomic mass is 9.84. The van der Waals surface area contributed by atoms with Crippen LogP contribution < -0.4 is 9.64 Å². The van der Waals surface area contributed by atoms with E-state index in [1.807, 2.05) is 43.9 Å². The Morgan fingerprint density at radius 1 is 1.19 bits per heavy atom. The molecule has 192 valence electrons. The van der Waals surface area contributed by atoms with Crippen LogP contribution >= 0.6 is 0 Å². The van der Waals surface area contributed by atoms with Crippen LogP contribution in [0, 0.1) is 5.41 Å². The van der Waals surface area contributed by atoms with Crippen molar-refractivity contribution < 1.29 is 29.3 Å². The molecule has 2 aromatic carbocycles. The Kier molecular flexibility index (Phi) is 6.95. The predicted octanol–water partition coefficient (Wildman–Crippen LogP) is 3.40. The minimum atomic E-state index is -1.02. The number of ether oxygens (including phenoxy) is 2. The first-order valence-corrected chi connectivity index (χ1v) is 12.0. The van der Waals surface area contributed by atoms with Crippen molar-refractivity contribution >= 4 is 23.3 Å². The van der Waals surface area contributed by atoms with E-state index in [9.17, 15) is 14.7 Å². The fourth-order valence-corrected chi connectivity index (χ4v) is 4.78. The molecule has 0 bridgehead atoms. The average Bonchev–Trinajstić information content (AvgIpc) is 3.41. The van der Waals surface area contributed by atoms with E-state index >= 15 is 0 Å². The smallest absolute Gasteiger partial charge is 0.329 e. The number of nitrogens with one attached hydrogen (secondary N) is 1. The maximum Gasteiger partial charge on any atom is 0.329 e. The van der Waals surface area contributed by atoms with Gasteiger partial charge in [0.1, 0.15) is 23.9 Å². The highest BCUT2D eigenvalue weighted by Crippen LogP contribution is 2.41. The molecule has 2 aliphatic heterocycles. The summed E-state index contributed by atoms with van der Waals surface area (Å²) in [4.78, 5) is 28.0. The quantitative estimate of drug-likeness (QED) is 0.476. The Balaban J connectivity index is 1.58. The molecule has 1 unspecified atom stereocenters. The minimum Gasteiger partial charge on any atom is -0.505 e. The van der Waals surface area contributed by atoms with Gasteiger partial charge in [0.05, 0.1) is 25.4 Å². The number of benzene rings is 2. The van der Waals surface area contributed by atoms with Crippen LogP contribution in [0.15, 0.2) is 30.3 Å². The van der Waals surface area contributed by atoms with Crippen molar-refractivity contribution in [1.82, 2.24) is 4.90 Å². The van der Waals surface area contributed by atoms with Gasteiger partial charge in [0.2, 0.25) is 0 Å². The van der Waals surface area contributed by atoms with E-state index < -0.39 is 11.4 Å². The number of phenolic OH excluding ortho intramolecular Hbond substituents is 1. The number of hydrogen-bond donors (Lipinski definition) is 3. The summed E-state index contributed by atoms with van der Waals surface area (Å²) in [5.41, 5.74) is 2.97. The number of hydrogen-bond acceptors (Lipinski definition) is 7. The molecule has 0 saturated carbocycles. The molecule has 2 aromatic rings. The molecule has 9 heteroatoms. The van der Waals surface area contributed by atoms with Crippen LogP contribution in [0.3, 0.4) is 0 Å². The maximum absolute atomic E-state index is 13.5. The number of aromatic hydroxyl groups is 1. The van der Waals surface area contributed by atoms with Crippen molar-refractivity contribution in [3.05, 3.63) is 52.6 Å². The second-order valence-corrected chi connectivity index (χ2v) is 10.4. The molecule has 0 amide bonds. The van der Waals surface area contributed by atoms with Crippen LogP contribution in [0.25, 0.3) is 0 Å². The number of rotatable bonds is 8. The summed E-state index contributed by atoms with van der Waals surface area (Å²) in [6, 6.07) is 8.98. The lowest BCUT2D eigenvalue weighted by molar-refractivity contribution is -0.143. The standard InChI is InChI=1S/C27H33N3O6/c1-27(2,3)21-10-16(11-22(25(21)34)29-8-7-19(13-29)36-15-24(32)33)23(31)14-30-12-17-9-18(35-4)5-6-20(17)26(30)28/h5-6,9-11,19,28,34H,7-8,12-15H2,1-4H3,(H,32,33). The summed E-state index contributed by atoms with van der Waals surface area (Å²) in [5.74, 6) is -0.0412. The van der Waals surface area contributed by atoms with Crippen LogP contribution in [-0.4, -0.2) is 72.2 Å². The molecule has 2 heterocycles. The lowest BCUT2D eigenvalue weighted by Crippen LogP contribution is -2.31. The minimum absolute atomic E-state index is 0.0357. The van der Waals surface area contributed by atoms with Gasteiger partial charge in [-0.15, -0.1) is 0 Å². The van der Waals surface area contributed by atoms with Crippen LogP contribution in [0.1, 0.15) is 54.2 Å². The number of carbonyl (C=O) groups excluding carboxylic acids is 1. The Labute approximate surface area is 210 Å². The molecule has 36 heavy (non-hydrogen) atoms.